The van der Waals surface area contributed by atoms with Crippen LogP contribution in [0.2, 0.25) is 0 Å². The highest BCUT2D eigenvalue weighted by molar-refractivity contribution is 7.25. The number of fused-ring (bicyclic) bond motifs is 6. The van der Waals surface area contributed by atoms with Crippen LogP contribution in [0.1, 0.15) is 0 Å². The summed E-state index contributed by atoms with van der Waals surface area (Å²) in [4.78, 5) is 2.41. The van der Waals surface area contributed by atoms with Gasteiger partial charge in [-0.1, -0.05) is 170 Å². The first kappa shape index (κ1) is 36.8. The molecule has 0 radical (unpaired) electrons. The zero-order valence-corrected chi connectivity index (χ0v) is 35.1. The summed E-state index contributed by atoms with van der Waals surface area (Å²) in [5.41, 5.74) is 16.9. The second-order valence-corrected chi connectivity index (χ2v) is 17.1. The van der Waals surface area contributed by atoms with Gasteiger partial charge in [-0.05, 0) is 117 Å². The number of nitrogens with zero attached hydrogens (tertiary/aromatic N) is 1. The number of para-hydroxylation sites is 2. The molecule has 3 heteroatoms. The number of furan rings is 1. The molecule has 0 N–H and O–H groups in total. The van der Waals surface area contributed by atoms with E-state index in [4.69, 9.17) is 4.42 Å². The van der Waals surface area contributed by atoms with Crippen molar-refractivity contribution < 1.29 is 4.42 Å². The van der Waals surface area contributed by atoms with Crippen LogP contribution in [0.4, 0.5) is 17.1 Å². The lowest BCUT2D eigenvalue weighted by Gasteiger charge is -2.29. The average molecular weight is 822 g/mol. The van der Waals surface area contributed by atoms with Crippen LogP contribution in [-0.2, 0) is 0 Å². The predicted octanol–water partition coefficient (Wildman–Crippen LogP) is 17.8. The smallest absolute Gasteiger partial charge is 0.135 e. The summed E-state index contributed by atoms with van der Waals surface area (Å²) in [6.45, 7) is 0. The summed E-state index contributed by atoms with van der Waals surface area (Å²) in [7, 11) is 0. The van der Waals surface area contributed by atoms with E-state index in [1.54, 1.807) is 0 Å². The van der Waals surface area contributed by atoms with E-state index in [1.165, 1.54) is 59.1 Å². The van der Waals surface area contributed by atoms with Crippen molar-refractivity contribution in [1.29, 1.82) is 0 Å². The average Bonchev–Trinajstić information content (AvgIpc) is 3.93. The molecule has 2 aromatic heterocycles. The molecule has 296 valence electrons. The van der Waals surface area contributed by atoms with Gasteiger partial charge < -0.3 is 9.32 Å². The highest BCUT2D eigenvalue weighted by atomic mass is 32.1. The molecule has 0 atom stereocenters. The van der Waals surface area contributed by atoms with Crippen molar-refractivity contribution in [1.82, 2.24) is 0 Å². The maximum Gasteiger partial charge on any atom is 0.135 e. The third-order valence-electron chi connectivity index (χ3n) is 12.3. The first-order chi connectivity index (χ1) is 31.2. The van der Waals surface area contributed by atoms with Crippen LogP contribution in [0.15, 0.2) is 241 Å². The Morgan fingerprint density at radius 3 is 1.48 bits per heavy atom. The van der Waals surface area contributed by atoms with Gasteiger partial charge in [0.25, 0.3) is 0 Å². The molecule has 0 aliphatic rings. The highest BCUT2D eigenvalue weighted by Crippen LogP contribution is 2.46. The van der Waals surface area contributed by atoms with E-state index in [0.717, 1.165) is 55.7 Å². The highest BCUT2D eigenvalue weighted by Gasteiger charge is 2.21. The summed E-state index contributed by atoms with van der Waals surface area (Å²) in [5.74, 6) is 0. The molecule has 0 saturated heterocycles. The van der Waals surface area contributed by atoms with Gasteiger partial charge in [-0.15, -0.1) is 11.3 Å². The fourth-order valence-electron chi connectivity index (χ4n) is 9.28. The van der Waals surface area contributed by atoms with Gasteiger partial charge in [-0.25, -0.2) is 0 Å². The van der Waals surface area contributed by atoms with Crippen LogP contribution in [0.25, 0.3) is 97.7 Å². The molecular weight excluding hydrogens is 783 g/mol. The summed E-state index contributed by atoms with van der Waals surface area (Å²) in [6.07, 6.45) is 0. The van der Waals surface area contributed by atoms with E-state index in [-0.39, 0.29) is 0 Å². The van der Waals surface area contributed by atoms with Gasteiger partial charge >= 0.3 is 0 Å². The molecule has 0 bridgehead atoms. The van der Waals surface area contributed by atoms with Crippen molar-refractivity contribution in [3.63, 3.8) is 0 Å². The van der Waals surface area contributed by atoms with Gasteiger partial charge in [-0.3, -0.25) is 0 Å². The van der Waals surface area contributed by atoms with Gasteiger partial charge in [-0.2, -0.15) is 0 Å². The normalized spacial score (nSPS) is 11.5. The lowest BCUT2D eigenvalue weighted by Crippen LogP contribution is -2.11. The van der Waals surface area contributed by atoms with E-state index in [2.05, 4.69) is 229 Å². The van der Waals surface area contributed by atoms with Crippen LogP contribution >= 0.6 is 11.3 Å². The summed E-state index contributed by atoms with van der Waals surface area (Å²) >= 11 is 1.86. The molecule has 0 aliphatic carbocycles. The maximum absolute atomic E-state index is 6.17. The van der Waals surface area contributed by atoms with Crippen LogP contribution in [-0.4, -0.2) is 0 Å². The molecule has 0 saturated carbocycles. The van der Waals surface area contributed by atoms with E-state index < -0.39 is 0 Å². The summed E-state index contributed by atoms with van der Waals surface area (Å²) < 4.78 is 8.80. The van der Waals surface area contributed by atoms with Gasteiger partial charge in [0.05, 0.1) is 5.69 Å². The van der Waals surface area contributed by atoms with Crippen molar-refractivity contribution >= 4 is 70.5 Å². The maximum atomic E-state index is 6.17. The minimum atomic E-state index is 0.901. The van der Waals surface area contributed by atoms with Crippen molar-refractivity contribution in [3.8, 4) is 55.6 Å². The molecule has 2 heterocycles. The van der Waals surface area contributed by atoms with Gasteiger partial charge in [0.1, 0.15) is 11.2 Å². The zero-order chi connectivity index (χ0) is 41.7. The Hall–Kier alpha value is -7.98. The second kappa shape index (κ2) is 15.5. The Morgan fingerprint density at radius 1 is 0.286 bits per heavy atom. The van der Waals surface area contributed by atoms with Gasteiger partial charge in [0.2, 0.25) is 0 Å². The molecule has 12 aromatic rings. The molecule has 0 aliphatic heterocycles. The fourth-order valence-corrected chi connectivity index (χ4v) is 10.4. The first-order valence-corrected chi connectivity index (χ1v) is 22.2. The molecule has 12 rings (SSSR count). The Labute approximate surface area is 370 Å². The molecular formula is C60H39NOS. The molecule has 0 spiro atoms. The third-order valence-corrected chi connectivity index (χ3v) is 13.5. The number of hydrogen-bond acceptors (Lipinski definition) is 3. The van der Waals surface area contributed by atoms with Gasteiger partial charge in [0.15, 0.2) is 0 Å². The van der Waals surface area contributed by atoms with E-state index in [0.29, 0.717) is 0 Å². The van der Waals surface area contributed by atoms with Gasteiger partial charge in [0, 0.05) is 47.9 Å². The van der Waals surface area contributed by atoms with Crippen molar-refractivity contribution in [3.05, 3.63) is 237 Å². The summed E-state index contributed by atoms with van der Waals surface area (Å²) in [6, 6.07) is 85.5. The van der Waals surface area contributed by atoms with Crippen LogP contribution < -0.4 is 4.90 Å². The van der Waals surface area contributed by atoms with Crippen molar-refractivity contribution in [2.24, 2.45) is 0 Å². The van der Waals surface area contributed by atoms with Crippen LogP contribution in [0.5, 0.6) is 0 Å². The Kier molecular flexibility index (Phi) is 9.06. The molecule has 63 heavy (non-hydrogen) atoms. The lowest BCUT2D eigenvalue weighted by molar-refractivity contribution is 0.669. The predicted molar refractivity (Wildman–Crippen MR) is 268 cm³/mol. The minimum Gasteiger partial charge on any atom is -0.456 e. The monoisotopic (exact) mass is 821 g/mol. The fraction of sp³-hybridized carbons (Fsp3) is 0. The lowest BCUT2D eigenvalue weighted by atomic mass is 9.88. The second-order valence-electron chi connectivity index (χ2n) is 16.0. The molecule has 0 amide bonds. The summed E-state index contributed by atoms with van der Waals surface area (Å²) in [5, 5.41) is 4.88. The third kappa shape index (κ3) is 6.58. The number of benzene rings is 10. The van der Waals surface area contributed by atoms with E-state index in [1.807, 2.05) is 23.5 Å². The standard InChI is InChI=1S/C60H39NOS/c1-2-14-42(15-3-1)47-16-4-5-17-48(47)49-18-6-7-19-50(49)51-20-8-11-23-56(51)61(45-32-26-40(27-33-45)43-30-36-58-54(38-43)52-21-9-12-24-57(52)62-58)46-34-28-41(29-35-46)44-31-37-60-55(39-44)53-22-10-13-25-59(53)63-60/h1-39H. The van der Waals surface area contributed by atoms with E-state index >= 15 is 0 Å². The van der Waals surface area contributed by atoms with Crippen molar-refractivity contribution in [2.45, 2.75) is 0 Å². The van der Waals surface area contributed by atoms with Crippen molar-refractivity contribution in [2.75, 3.05) is 4.90 Å². The zero-order valence-electron chi connectivity index (χ0n) is 34.3. The molecule has 2 nitrogen and oxygen atoms in total. The molecule has 0 unspecified atom stereocenters. The molecule has 0 fully saturated rings. The first-order valence-electron chi connectivity index (χ1n) is 21.4. The Morgan fingerprint density at radius 2 is 0.762 bits per heavy atom. The van der Waals surface area contributed by atoms with Crippen LogP contribution in [0.3, 0.4) is 0 Å². The molecule has 10 aromatic carbocycles. The largest absolute Gasteiger partial charge is 0.456 e. The number of rotatable bonds is 8. The SMILES string of the molecule is c1ccc(-c2ccccc2-c2ccccc2-c2ccccc2N(c2ccc(-c3ccc4oc5ccccc5c4c3)cc2)c2ccc(-c3ccc4sc5ccccc5c4c3)cc2)cc1. The Balaban J connectivity index is 0.990. The van der Waals surface area contributed by atoms with Crippen LogP contribution in [0, 0.1) is 0 Å². The minimum absolute atomic E-state index is 0.901. The number of thiophene rings is 1. The quantitative estimate of drug-likeness (QED) is 0.152. The number of anilines is 3. The number of hydrogen-bond donors (Lipinski definition) is 0. The topological polar surface area (TPSA) is 16.4 Å². The van der Waals surface area contributed by atoms with E-state index in [9.17, 15) is 0 Å². The Bertz CT molecular complexity index is 3460.